The van der Waals surface area contributed by atoms with Gasteiger partial charge < -0.3 is 4.74 Å². The van der Waals surface area contributed by atoms with Crippen LogP contribution in [0.25, 0.3) is 0 Å². The molecule has 6 nitrogen and oxygen atoms in total. The predicted octanol–water partition coefficient (Wildman–Crippen LogP) is 1.81. The lowest BCUT2D eigenvalue weighted by molar-refractivity contribution is -0.145. The van der Waals surface area contributed by atoms with E-state index in [2.05, 4.69) is 10.5 Å². The molecule has 0 aliphatic heterocycles. The van der Waals surface area contributed by atoms with Crippen molar-refractivity contribution in [3.63, 3.8) is 0 Å². The van der Waals surface area contributed by atoms with Crippen molar-refractivity contribution in [1.29, 1.82) is 5.26 Å². The Balaban J connectivity index is 2.85. The third-order valence-electron chi connectivity index (χ3n) is 2.95. The molecule has 0 aliphatic rings. The van der Waals surface area contributed by atoms with Crippen LogP contribution in [0.2, 0.25) is 0 Å². The van der Waals surface area contributed by atoms with E-state index in [1.54, 1.807) is 19.9 Å². The minimum absolute atomic E-state index is 0.276. The van der Waals surface area contributed by atoms with Crippen LogP contribution >= 0.6 is 0 Å². The number of rotatable bonds is 7. The van der Waals surface area contributed by atoms with E-state index in [1.165, 1.54) is 0 Å². The summed E-state index contributed by atoms with van der Waals surface area (Å²) in [4.78, 5) is 23.4. The molecule has 0 heterocycles. The van der Waals surface area contributed by atoms with Crippen LogP contribution in [-0.4, -0.2) is 24.2 Å². The monoisotopic (exact) mass is 301 g/mol. The fourth-order valence-corrected chi connectivity index (χ4v) is 1.83. The molecule has 1 aromatic rings. The van der Waals surface area contributed by atoms with E-state index in [0.29, 0.717) is 12.1 Å². The Bertz CT molecular complexity index is 576. The first-order valence-corrected chi connectivity index (χ1v) is 6.99. The summed E-state index contributed by atoms with van der Waals surface area (Å²) >= 11 is 0. The highest BCUT2D eigenvalue weighted by Gasteiger charge is 2.23. The Morgan fingerprint density at radius 1 is 1.36 bits per heavy atom. The van der Waals surface area contributed by atoms with E-state index in [-0.39, 0.29) is 19.0 Å². The largest absolute Gasteiger partial charge is 0.465 e. The van der Waals surface area contributed by atoms with Crippen molar-refractivity contribution >= 4 is 17.6 Å². The minimum atomic E-state index is -0.579. The molecule has 1 unspecified atom stereocenters. The zero-order valence-corrected chi connectivity index (χ0v) is 12.7. The summed E-state index contributed by atoms with van der Waals surface area (Å²) in [5, 5.41) is 12.3. The maximum Gasteiger partial charge on any atom is 0.315 e. The third kappa shape index (κ3) is 5.75. The molecule has 6 heteroatoms. The van der Waals surface area contributed by atoms with Crippen LogP contribution < -0.4 is 5.43 Å². The number of carbonyl (C=O) groups is 2. The fourth-order valence-electron chi connectivity index (χ4n) is 1.83. The molecule has 1 rings (SSSR count). The number of esters is 1. The highest BCUT2D eigenvalue weighted by Crippen LogP contribution is 2.12. The van der Waals surface area contributed by atoms with Crippen LogP contribution in [0.3, 0.4) is 0 Å². The average molecular weight is 301 g/mol. The Labute approximate surface area is 129 Å². The number of carbonyl (C=O) groups excluding carboxylic acids is 2. The SMILES string of the molecule is CCOC(=O)C(Cc1ccccc1)/C(C)=N/NC(=O)CC#N. The first kappa shape index (κ1) is 17.4. The van der Waals surface area contributed by atoms with Gasteiger partial charge in [-0.1, -0.05) is 30.3 Å². The second kappa shape index (κ2) is 9.29. The lowest BCUT2D eigenvalue weighted by atomic mass is 9.95. The molecule has 1 atom stereocenters. The molecule has 22 heavy (non-hydrogen) atoms. The number of hydrogen-bond donors (Lipinski definition) is 1. The second-order valence-corrected chi connectivity index (χ2v) is 4.62. The van der Waals surface area contributed by atoms with Gasteiger partial charge in [0, 0.05) is 5.71 Å². The molecule has 1 amide bonds. The lowest BCUT2D eigenvalue weighted by Crippen LogP contribution is -2.29. The van der Waals surface area contributed by atoms with Gasteiger partial charge in [-0.25, -0.2) is 5.43 Å². The molecule has 116 valence electrons. The number of hydrogen-bond acceptors (Lipinski definition) is 5. The zero-order chi connectivity index (χ0) is 16.4. The van der Waals surface area contributed by atoms with E-state index in [9.17, 15) is 9.59 Å². The Hall–Kier alpha value is -2.68. The highest BCUT2D eigenvalue weighted by molar-refractivity contribution is 6.01. The number of benzene rings is 1. The van der Waals surface area contributed by atoms with Gasteiger partial charge >= 0.3 is 5.97 Å². The van der Waals surface area contributed by atoms with E-state index < -0.39 is 11.8 Å². The third-order valence-corrected chi connectivity index (χ3v) is 2.95. The number of amides is 1. The molecule has 0 aromatic heterocycles. The lowest BCUT2D eigenvalue weighted by Gasteiger charge is -2.15. The molecule has 0 spiro atoms. The van der Waals surface area contributed by atoms with Gasteiger partial charge in [0.2, 0.25) is 0 Å². The van der Waals surface area contributed by atoms with Crippen molar-refractivity contribution in [2.45, 2.75) is 26.7 Å². The van der Waals surface area contributed by atoms with E-state index in [0.717, 1.165) is 5.56 Å². The van der Waals surface area contributed by atoms with Crippen LogP contribution in [0.4, 0.5) is 0 Å². The number of ether oxygens (including phenoxy) is 1. The summed E-state index contributed by atoms with van der Waals surface area (Å²) in [5.74, 6) is -1.48. The molecule has 1 N–H and O–H groups in total. The molecule has 0 saturated carbocycles. The molecule has 0 bridgehead atoms. The van der Waals surface area contributed by atoms with Crippen molar-refractivity contribution in [3.8, 4) is 6.07 Å². The summed E-state index contributed by atoms with van der Waals surface area (Å²) < 4.78 is 5.07. The average Bonchev–Trinajstić information content (AvgIpc) is 2.52. The smallest absolute Gasteiger partial charge is 0.315 e. The number of nitriles is 1. The Kier molecular flexibility index (Phi) is 7.34. The minimum Gasteiger partial charge on any atom is -0.465 e. The van der Waals surface area contributed by atoms with Crippen LogP contribution in [0.5, 0.6) is 0 Å². The second-order valence-electron chi connectivity index (χ2n) is 4.62. The highest BCUT2D eigenvalue weighted by atomic mass is 16.5. The van der Waals surface area contributed by atoms with Crippen LogP contribution in [-0.2, 0) is 20.7 Å². The fraction of sp³-hybridized carbons (Fsp3) is 0.375. The van der Waals surface area contributed by atoms with Gasteiger partial charge in [-0.2, -0.15) is 10.4 Å². The van der Waals surface area contributed by atoms with E-state index in [4.69, 9.17) is 10.00 Å². The molecular weight excluding hydrogens is 282 g/mol. The Morgan fingerprint density at radius 2 is 2.05 bits per heavy atom. The standard InChI is InChI=1S/C16H19N3O3/c1-3-22-16(21)14(11-13-7-5-4-6-8-13)12(2)18-19-15(20)9-10-17/h4-8,14H,3,9,11H2,1-2H3,(H,19,20)/b18-12+. The topological polar surface area (TPSA) is 91.5 Å². The van der Waals surface area contributed by atoms with Crippen LogP contribution in [0, 0.1) is 17.2 Å². The summed E-state index contributed by atoms with van der Waals surface area (Å²) in [7, 11) is 0. The normalized spacial score (nSPS) is 12.1. The molecule has 1 aromatic carbocycles. The predicted molar refractivity (Wildman–Crippen MR) is 81.8 cm³/mol. The van der Waals surface area contributed by atoms with Gasteiger partial charge in [0.1, 0.15) is 12.3 Å². The van der Waals surface area contributed by atoms with Crippen molar-refractivity contribution in [3.05, 3.63) is 35.9 Å². The summed E-state index contributed by atoms with van der Waals surface area (Å²) in [6.45, 7) is 3.66. The summed E-state index contributed by atoms with van der Waals surface area (Å²) in [5.41, 5.74) is 3.67. The van der Waals surface area contributed by atoms with Crippen molar-refractivity contribution in [2.24, 2.45) is 11.0 Å². The van der Waals surface area contributed by atoms with Gasteiger partial charge in [-0.05, 0) is 25.8 Å². The maximum absolute atomic E-state index is 12.1. The molecule has 0 fully saturated rings. The number of nitrogens with one attached hydrogen (secondary N) is 1. The molecule has 0 aliphatic carbocycles. The van der Waals surface area contributed by atoms with E-state index >= 15 is 0 Å². The van der Waals surface area contributed by atoms with Crippen LogP contribution in [0.15, 0.2) is 35.4 Å². The van der Waals surface area contributed by atoms with E-state index in [1.807, 2.05) is 30.3 Å². The Morgan fingerprint density at radius 3 is 2.64 bits per heavy atom. The number of nitrogens with zero attached hydrogens (tertiary/aromatic N) is 2. The first-order chi connectivity index (χ1) is 10.6. The maximum atomic E-state index is 12.1. The van der Waals surface area contributed by atoms with Crippen molar-refractivity contribution in [2.75, 3.05) is 6.61 Å². The van der Waals surface area contributed by atoms with Gasteiger partial charge in [-0.3, -0.25) is 9.59 Å². The van der Waals surface area contributed by atoms with Gasteiger partial charge in [0.15, 0.2) is 0 Å². The quantitative estimate of drug-likeness (QED) is 0.472. The van der Waals surface area contributed by atoms with Crippen molar-refractivity contribution in [1.82, 2.24) is 5.43 Å². The molecular formula is C16H19N3O3. The zero-order valence-electron chi connectivity index (χ0n) is 12.7. The van der Waals surface area contributed by atoms with Gasteiger partial charge in [-0.15, -0.1) is 0 Å². The van der Waals surface area contributed by atoms with Gasteiger partial charge in [0.25, 0.3) is 5.91 Å². The number of hydrazone groups is 1. The first-order valence-electron chi connectivity index (χ1n) is 6.99. The van der Waals surface area contributed by atoms with Crippen molar-refractivity contribution < 1.29 is 14.3 Å². The summed E-state index contributed by atoms with van der Waals surface area (Å²) in [6.07, 6.45) is 0.155. The summed E-state index contributed by atoms with van der Waals surface area (Å²) in [6, 6.07) is 11.2. The van der Waals surface area contributed by atoms with Crippen LogP contribution in [0.1, 0.15) is 25.8 Å². The molecule has 0 saturated heterocycles. The van der Waals surface area contributed by atoms with Gasteiger partial charge in [0.05, 0.1) is 12.7 Å². The molecule has 0 radical (unpaired) electrons.